The standard InChI is InChI=1S/C43H33BrN2/c1-43(2)39-15-9-8-14-35(39)36-27-42-38(26-40(36)43)37-25-30(44)17-23-41(37)46(42)33-21-19-32(20-22-33)45(31-12-4-3-5-13-31)34-18-16-28-10-6-7-11-29(28)24-34/h3-16,18-22,24-27H,17,23H2,1-2H3. The molecule has 2 nitrogen and oxygen atoms in total. The van der Waals surface area contributed by atoms with E-state index < -0.39 is 0 Å². The Labute approximate surface area is 278 Å². The van der Waals surface area contributed by atoms with E-state index in [2.05, 4.69) is 179 Å². The lowest BCUT2D eigenvalue weighted by atomic mass is 9.82. The molecule has 3 heteroatoms. The van der Waals surface area contributed by atoms with Crippen molar-refractivity contribution < 1.29 is 0 Å². The lowest BCUT2D eigenvalue weighted by Crippen LogP contribution is -2.14. The molecule has 0 radical (unpaired) electrons. The predicted octanol–water partition coefficient (Wildman–Crippen LogP) is 12.2. The van der Waals surface area contributed by atoms with Gasteiger partial charge in [0.1, 0.15) is 0 Å². The van der Waals surface area contributed by atoms with Crippen molar-refractivity contribution in [3.05, 3.63) is 160 Å². The summed E-state index contributed by atoms with van der Waals surface area (Å²) < 4.78 is 3.79. The summed E-state index contributed by atoms with van der Waals surface area (Å²) in [6, 6.07) is 49.0. The number of hydrogen-bond acceptors (Lipinski definition) is 1. The van der Waals surface area contributed by atoms with Gasteiger partial charge >= 0.3 is 0 Å². The van der Waals surface area contributed by atoms with Crippen LogP contribution >= 0.6 is 15.9 Å². The number of allylic oxidation sites excluding steroid dienone is 1. The highest BCUT2D eigenvalue weighted by Gasteiger charge is 2.36. The van der Waals surface area contributed by atoms with Crippen LogP contribution in [0.1, 0.15) is 42.7 Å². The minimum Gasteiger partial charge on any atom is -0.313 e. The number of rotatable bonds is 4. The number of hydrogen-bond donors (Lipinski definition) is 0. The van der Waals surface area contributed by atoms with E-state index in [0.717, 1.165) is 29.9 Å². The van der Waals surface area contributed by atoms with Crippen LogP contribution in [-0.4, -0.2) is 4.57 Å². The Bertz CT molecular complexity index is 2340. The Morgan fingerprint density at radius 3 is 2.13 bits per heavy atom. The van der Waals surface area contributed by atoms with Crippen LogP contribution in [0.15, 0.2) is 138 Å². The fourth-order valence-corrected chi connectivity index (χ4v) is 8.25. The maximum atomic E-state index is 3.85. The van der Waals surface area contributed by atoms with Gasteiger partial charge in [0.25, 0.3) is 0 Å². The number of fused-ring (bicyclic) bond motifs is 7. The number of aromatic nitrogens is 1. The van der Waals surface area contributed by atoms with Crippen LogP contribution < -0.4 is 4.90 Å². The summed E-state index contributed by atoms with van der Waals surface area (Å²) in [5.41, 5.74) is 14.1. The molecule has 0 aliphatic heterocycles. The normalized spacial score (nSPS) is 14.5. The first-order valence-corrected chi connectivity index (χ1v) is 16.9. The number of benzene rings is 6. The molecule has 1 heterocycles. The van der Waals surface area contributed by atoms with Gasteiger partial charge in [-0.1, -0.05) is 103 Å². The average molecular weight is 658 g/mol. The van der Waals surface area contributed by atoms with Crippen molar-refractivity contribution in [3.63, 3.8) is 0 Å². The minimum atomic E-state index is -0.0317. The molecular weight excluding hydrogens is 624 g/mol. The van der Waals surface area contributed by atoms with Crippen LogP contribution in [0.3, 0.4) is 0 Å². The number of para-hydroxylation sites is 1. The maximum absolute atomic E-state index is 3.85. The first-order chi connectivity index (χ1) is 22.5. The third kappa shape index (κ3) is 4.15. The van der Waals surface area contributed by atoms with E-state index >= 15 is 0 Å². The molecule has 222 valence electrons. The molecule has 0 unspecified atom stereocenters. The number of nitrogens with zero attached hydrogens (tertiary/aromatic N) is 2. The molecule has 46 heavy (non-hydrogen) atoms. The molecule has 2 aliphatic carbocycles. The number of halogens is 1. The first kappa shape index (κ1) is 27.5. The van der Waals surface area contributed by atoms with Crippen molar-refractivity contribution in [2.75, 3.05) is 4.90 Å². The van der Waals surface area contributed by atoms with E-state index in [0.29, 0.717) is 0 Å². The Morgan fingerprint density at radius 1 is 0.609 bits per heavy atom. The number of anilines is 3. The lowest BCUT2D eigenvalue weighted by molar-refractivity contribution is 0.661. The quantitative estimate of drug-likeness (QED) is 0.183. The average Bonchev–Trinajstić information content (AvgIpc) is 3.52. The molecule has 0 amide bonds. The van der Waals surface area contributed by atoms with Crippen molar-refractivity contribution >= 4 is 60.7 Å². The van der Waals surface area contributed by atoms with Crippen LogP contribution in [-0.2, 0) is 11.8 Å². The second-order valence-corrected chi connectivity index (χ2v) is 14.1. The van der Waals surface area contributed by atoms with Crippen LogP contribution in [0.2, 0.25) is 0 Å². The Kier molecular flexibility index (Phi) is 6.17. The molecule has 9 rings (SSSR count). The zero-order valence-corrected chi connectivity index (χ0v) is 27.6. The van der Waals surface area contributed by atoms with Gasteiger partial charge in [-0.25, -0.2) is 0 Å². The zero-order chi connectivity index (χ0) is 31.0. The van der Waals surface area contributed by atoms with E-state index in [9.17, 15) is 0 Å². The minimum absolute atomic E-state index is 0.0317. The summed E-state index contributed by atoms with van der Waals surface area (Å²) in [5, 5.41) is 3.81. The van der Waals surface area contributed by atoms with E-state index in [1.54, 1.807) is 0 Å². The molecule has 6 aromatic carbocycles. The molecule has 0 N–H and O–H groups in total. The second kappa shape index (κ2) is 10.3. The van der Waals surface area contributed by atoms with Crippen molar-refractivity contribution in [2.24, 2.45) is 0 Å². The van der Waals surface area contributed by atoms with E-state index in [1.807, 2.05) is 0 Å². The van der Waals surface area contributed by atoms with Crippen LogP contribution in [0.25, 0.3) is 44.6 Å². The third-order valence-electron chi connectivity index (χ3n) is 10.1. The van der Waals surface area contributed by atoms with E-state index in [1.165, 1.54) is 65.4 Å². The molecule has 0 spiro atoms. The van der Waals surface area contributed by atoms with Crippen molar-refractivity contribution in [2.45, 2.75) is 32.1 Å². The van der Waals surface area contributed by atoms with Gasteiger partial charge < -0.3 is 9.47 Å². The fourth-order valence-electron chi connectivity index (χ4n) is 7.82. The molecule has 0 atom stereocenters. The Balaban J connectivity index is 1.22. The topological polar surface area (TPSA) is 8.17 Å². The summed E-state index contributed by atoms with van der Waals surface area (Å²) >= 11 is 3.85. The Hall–Kier alpha value is -4.86. The van der Waals surface area contributed by atoms with Crippen molar-refractivity contribution in [1.82, 2.24) is 4.57 Å². The molecule has 2 aliphatic rings. The van der Waals surface area contributed by atoms with E-state index in [-0.39, 0.29) is 5.41 Å². The van der Waals surface area contributed by atoms with Gasteiger partial charge in [0.2, 0.25) is 0 Å². The summed E-state index contributed by atoms with van der Waals surface area (Å²) in [6.45, 7) is 4.73. The van der Waals surface area contributed by atoms with Gasteiger partial charge in [0.05, 0.1) is 5.52 Å². The second-order valence-electron chi connectivity index (χ2n) is 13.1. The maximum Gasteiger partial charge on any atom is 0.0544 e. The molecule has 7 aromatic rings. The van der Waals surface area contributed by atoms with Crippen molar-refractivity contribution in [3.8, 4) is 16.8 Å². The molecule has 0 fully saturated rings. The summed E-state index contributed by atoms with van der Waals surface area (Å²) in [4.78, 5) is 2.35. The predicted molar refractivity (Wildman–Crippen MR) is 198 cm³/mol. The fraction of sp³-hybridized carbons (Fsp3) is 0.116. The summed E-state index contributed by atoms with van der Waals surface area (Å²) in [5.74, 6) is 0. The highest BCUT2D eigenvalue weighted by Crippen LogP contribution is 2.51. The molecule has 0 saturated heterocycles. The molecule has 0 bridgehead atoms. The van der Waals surface area contributed by atoms with Gasteiger partial charge in [0.15, 0.2) is 0 Å². The smallest absolute Gasteiger partial charge is 0.0544 e. The molecule has 1 aromatic heterocycles. The van der Waals surface area contributed by atoms with Gasteiger partial charge in [-0.3, -0.25) is 0 Å². The Morgan fingerprint density at radius 2 is 1.30 bits per heavy atom. The largest absolute Gasteiger partial charge is 0.313 e. The third-order valence-corrected chi connectivity index (χ3v) is 10.7. The highest BCUT2D eigenvalue weighted by atomic mass is 79.9. The van der Waals surface area contributed by atoms with Gasteiger partial charge in [-0.05, 0) is 117 Å². The van der Waals surface area contributed by atoms with Crippen LogP contribution in [0, 0.1) is 0 Å². The summed E-state index contributed by atoms with van der Waals surface area (Å²) in [6.07, 6.45) is 4.37. The van der Waals surface area contributed by atoms with Gasteiger partial charge in [0, 0.05) is 44.8 Å². The lowest BCUT2D eigenvalue weighted by Gasteiger charge is -2.26. The zero-order valence-electron chi connectivity index (χ0n) is 26.0. The van der Waals surface area contributed by atoms with Crippen LogP contribution in [0.5, 0.6) is 0 Å². The highest BCUT2D eigenvalue weighted by molar-refractivity contribution is 9.11. The van der Waals surface area contributed by atoms with E-state index in [4.69, 9.17) is 0 Å². The van der Waals surface area contributed by atoms with Crippen molar-refractivity contribution in [1.29, 1.82) is 0 Å². The van der Waals surface area contributed by atoms with Gasteiger partial charge in [-0.15, -0.1) is 0 Å². The molecule has 0 saturated carbocycles. The monoisotopic (exact) mass is 656 g/mol. The SMILES string of the molecule is CC1(C)c2ccccc2-c2cc3c(cc21)c1c(n3-c2ccc(N(c3ccccc3)c3ccc4ccccc4c3)cc2)CCC(Br)=C1. The molecular formula is C43H33BrN2. The summed E-state index contributed by atoms with van der Waals surface area (Å²) in [7, 11) is 0. The first-order valence-electron chi connectivity index (χ1n) is 16.1. The van der Waals surface area contributed by atoms with Gasteiger partial charge in [-0.2, -0.15) is 0 Å². The van der Waals surface area contributed by atoms with Crippen LogP contribution in [0.4, 0.5) is 17.1 Å².